The molecule has 0 aromatic heterocycles. The lowest BCUT2D eigenvalue weighted by molar-refractivity contribution is 0.0898. The summed E-state index contributed by atoms with van der Waals surface area (Å²) in [5.74, 6) is 0.391. The lowest BCUT2D eigenvalue weighted by atomic mass is 9.89. The fourth-order valence-electron chi connectivity index (χ4n) is 2.64. The van der Waals surface area contributed by atoms with E-state index in [2.05, 4.69) is 24.5 Å². The first-order chi connectivity index (χ1) is 8.99. The third-order valence-corrected chi connectivity index (χ3v) is 4.20. The summed E-state index contributed by atoms with van der Waals surface area (Å²) < 4.78 is 0. The van der Waals surface area contributed by atoms with Gasteiger partial charge in [-0.05, 0) is 50.4 Å². The molecule has 1 heterocycles. The van der Waals surface area contributed by atoms with Crippen molar-refractivity contribution in [2.24, 2.45) is 5.92 Å². The molecule has 2 rings (SSSR count). The lowest BCUT2D eigenvalue weighted by Gasteiger charge is -2.36. The largest absolute Gasteiger partial charge is 0.347 e. The van der Waals surface area contributed by atoms with Crippen molar-refractivity contribution in [2.75, 3.05) is 6.54 Å². The Kier molecular flexibility index (Phi) is 6.31. The smallest absolute Gasteiger partial charge is 0.253 e. The maximum Gasteiger partial charge on any atom is 0.253 e. The monoisotopic (exact) mass is 316 g/mol. The maximum absolute atomic E-state index is 12.3. The zero-order valence-corrected chi connectivity index (χ0v) is 13.6. The molecule has 1 aromatic rings. The Balaban J connectivity index is 0.00000200. The van der Waals surface area contributed by atoms with Crippen LogP contribution in [-0.2, 0) is 0 Å². The molecule has 0 saturated carbocycles. The van der Waals surface area contributed by atoms with Crippen molar-refractivity contribution >= 4 is 29.9 Å². The van der Waals surface area contributed by atoms with Gasteiger partial charge in [0.2, 0.25) is 0 Å². The van der Waals surface area contributed by atoms with E-state index in [4.69, 9.17) is 11.6 Å². The molecule has 3 nitrogen and oxygen atoms in total. The molecule has 20 heavy (non-hydrogen) atoms. The molecule has 1 amide bonds. The van der Waals surface area contributed by atoms with Gasteiger partial charge in [-0.3, -0.25) is 4.79 Å². The number of benzene rings is 1. The number of rotatable bonds is 2. The third-order valence-electron chi connectivity index (χ3n) is 3.88. The summed E-state index contributed by atoms with van der Waals surface area (Å²) >= 11 is 6.14. The van der Waals surface area contributed by atoms with Crippen LogP contribution < -0.4 is 10.6 Å². The molecule has 5 heteroatoms. The second-order valence-electron chi connectivity index (χ2n) is 5.49. The molecule has 1 fully saturated rings. The van der Waals surface area contributed by atoms with Crippen molar-refractivity contribution in [3.8, 4) is 0 Å². The number of carbonyl (C=O) groups is 1. The topological polar surface area (TPSA) is 41.1 Å². The third kappa shape index (κ3) is 3.87. The lowest BCUT2D eigenvalue weighted by Crippen LogP contribution is -2.55. The van der Waals surface area contributed by atoms with Crippen LogP contribution in [0.1, 0.15) is 36.2 Å². The molecule has 3 unspecified atom stereocenters. The number of hydrogen-bond acceptors (Lipinski definition) is 2. The van der Waals surface area contributed by atoms with Crippen molar-refractivity contribution < 1.29 is 4.79 Å². The van der Waals surface area contributed by atoms with Crippen molar-refractivity contribution in [3.05, 3.63) is 34.3 Å². The van der Waals surface area contributed by atoms with Crippen LogP contribution in [0.2, 0.25) is 5.02 Å². The van der Waals surface area contributed by atoms with Crippen molar-refractivity contribution in [3.63, 3.8) is 0 Å². The average Bonchev–Trinajstić information content (AvgIpc) is 2.33. The van der Waals surface area contributed by atoms with E-state index in [0.717, 1.165) is 18.5 Å². The number of halogens is 2. The Hall–Kier alpha value is -0.770. The van der Waals surface area contributed by atoms with Crippen LogP contribution in [0.15, 0.2) is 18.2 Å². The number of hydrogen-bond donors (Lipinski definition) is 2. The molecule has 3 atom stereocenters. The molecule has 1 aliphatic rings. The second-order valence-corrected chi connectivity index (χ2v) is 5.90. The quantitative estimate of drug-likeness (QED) is 0.879. The summed E-state index contributed by atoms with van der Waals surface area (Å²) in [6.45, 7) is 7.26. The van der Waals surface area contributed by atoms with Gasteiger partial charge in [0.05, 0.1) is 10.6 Å². The first kappa shape index (κ1) is 17.3. The van der Waals surface area contributed by atoms with Gasteiger partial charge in [-0.25, -0.2) is 0 Å². The summed E-state index contributed by atoms with van der Waals surface area (Å²) in [5.41, 5.74) is 1.61. The standard InChI is InChI=1S/C15H21ClN2O.ClH/c1-9-4-5-12(13(16)8-9)15(19)18-14-10(2)6-7-17-11(14)3;/h4-5,8,10-11,14,17H,6-7H2,1-3H3,(H,18,19);1H. The molecule has 0 bridgehead atoms. The molecule has 0 aliphatic carbocycles. The predicted octanol–water partition coefficient (Wildman–Crippen LogP) is 3.19. The zero-order chi connectivity index (χ0) is 14.0. The molecular weight excluding hydrogens is 295 g/mol. The fourth-order valence-corrected chi connectivity index (χ4v) is 2.96. The van der Waals surface area contributed by atoms with E-state index in [1.165, 1.54) is 0 Å². The van der Waals surface area contributed by atoms with Crippen LogP contribution in [0.3, 0.4) is 0 Å². The number of carbonyl (C=O) groups excluding carboxylic acids is 1. The highest BCUT2D eigenvalue weighted by atomic mass is 35.5. The van der Waals surface area contributed by atoms with Gasteiger partial charge in [-0.15, -0.1) is 12.4 Å². The summed E-state index contributed by atoms with van der Waals surface area (Å²) in [6.07, 6.45) is 1.08. The Morgan fingerprint density at radius 2 is 2.10 bits per heavy atom. The SMILES string of the molecule is Cc1ccc(C(=O)NC2C(C)CCNC2C)c(Cl)c1.Cl. The van der Waals surface area contributed by atoms with E-state index >= 15 is 0 Å². The molecule has 1 aliphatic heterocycles. The summed E-state index contributed by atoms with van der Waals surface area (Å²) in [7, 11) is 0. The Morgan fingerprint density at radius 3 is 2.70 bits per heavy atom. The van der Waals surface area contributed by atoms with Gasteiger partial charge in [0.15, 0.2) is 0 Å². The molecule has 2 N–H and O–H groups in total. The zero-order valence-electron chi connectivity index (χ0n) is 12.1. The van der Waals surface area contributed by atoms with Gasteiger partial charge in [-0.1, -0.05) is 24.6 Å². The fraction of sp³-hybridized carbons (Fsp3) is 0.533. The normalized spacial score (nSPS) is 25.7. The molecular formula is C15H22Cl2N2O. The average molecular weight is 317 g/mol. The van der Waals surface area contributed by atoms with Crippen molar-refractivity contribution in [2.45, 2.75) is 39.3 Å². The maximum atomic E-state index is 12.3. The highest BCUT2D eigenvalue weighted by molar-refractivity contribution is 6.33. The van der Waals surface area contributed by atoms with E-state index in [1.807, 2.05) is 19.1 Å². The van der Waals surface area contributed by atoms with Gasteiger partial charge in [-0.2, -0.15) is 0 Å². The van der Waals surface area contributed by atoms with Gasteiger partial charge >= 0.3 is 0 Å². The van der Waals surface area contributed by atoms with E-state index in [1.54, 1.807) is 6.07 Å². The Morgan fingerprint density at radius 1 is 1.40 bits per heavy atom. The number of aryl methyl sites for hydroxylation is 1. The van der Waals surface area contributed by atoms with Gasteiger partial charge in [0.25, 0.3) is 5.91 Å². The van der Waals surface area contributed by atoms with E-state index in [-0.39, 0.29) is 30.4 Å². The van der Waals surface area contributed by atoms with Crippen LogP contribution in [-0.4, -0.2) is 24.5 Å². The van der Waals surface area contributed by atoms with Gasteiger partial charge in [0.1, 0.15) is 0 Å². The first-order valence-corrected chi connectivity index (χ1v) is 7.17. The van der Waals surface area contributed by atoms with E-state index < -0.39 is 0 Å². The first-order valence-electron chi connectivity index (χ1n) is 6.79. The molecule has 0 radical (unpaired) electrons. The van der Waals surface area contributed by atoms with Gasteiger partial charge in [0, 0.05) is 12.1 Å². The number of piperidine rings is 1. The summed E-state index contributed by atoms with van der Waals surface area (Å²) in [5, 5.41) is 7.02. The van der Waals surface area contributed by atoms with Crippen LogP contribution in [0.25, 0.3) is 0 Å². The highest BCUT2D eigenvalue weighted by Crippen LogP contribution is 2.20. The minimum absolute atomic E-state index is 0. The summed E-state index contributed by atoms with van der Waals surface area (Å²) in [4.78, 5) is 12.3. The Bertz CT molecular complexity index is 469. The second kappa shape index (κ2) is 7.30. The van der Waals surface area contributed by atoms with Crippen LogP contribution in [0.5, 0.6) is 0 Å². The molecule has 112 valence electrons. The predicted molar refractivity (Wildman–Crippen MR) is 85.9 cm³/mol. The summed E-state index contributed by atoms with van der Waals surface area (Å²) in [6, 6.07) is 5.96. The van der Waals surface area contributed by atoms with Crippen molar-refractivity contribution in [1.82, 2.24) is 10.6 Å². The number of nitrogens with one attached hydrogen (secondary N) is 2. The van der Waals surface area contributed by atoms with Crippen LogP contribution in [0.4, 0.5) is 0 Å². The molecule has 1 saturated heterocycles. The van der Waals surface area contributed by atoms with E-state index in [0.29, 0.717) is 16.5 Å². The van der Waals surface area contributed by atoms with Gasteiger partial charge < -0.3 is 10.6 Å². The minimum atomic E-state index is -0.0857. The Labute approximate surface area is 131 Å². The van der Waals surface area contributed by atoms with Crippen molar-refractivity contribution in [1.29, 1.82) is 0 Å². The van der Waals surface area contributed by atoms with Crippen LogP contribution >= 0.6 is 24.0 Å². The number of amides is 1. The molecule has 0 spiro atoms. The highest BCUT2D eigenvalue weighted by Gasteiger charge is 2.29. The van der Waals surface area contributed by atoms with Crippen LogP contribution in [0, 0.1) is 12.8 Å². The minimum Gasteiger partial charge on any atom is -0.347 e. The van der Waals surface area contributed by atoms with E-state index in [9.17, 15) is 4.79 Å². The molecule has 1 aromatic carbocycles.